The van der Waals surface area contributed by atoms with Gasteiger partial charge in [-0.1, -0.05) is 54.6 Å². The summed E-state index contributed by atoms with van der Waals surface area (Å²) < 4.78 is 26.1. The van der Waals surface area contributed by atoms with E-state index in [1.165, 1.54) is 12.1 Å². The number of carbonyl (C=O) groups is 3. The Morgan fingerprint density at radius 3 is 1.85 bits per heavy atom. The van der Waals surface area contributed by atoms with E-state index in [1.807, 2.05) is 30.3 Å². The zero-order chi connectivity index (χ0) is 24.5. The topological polar surface area (TPSA) is 112 Å². The number of benzene rings is 3. The Kier molecular flexibility index (Phi) is 6.21. The van der Waals surface area contributed by atoms with E-state index in [4.69, 9.17) is 0 Å². The standard InChI is InChI=1S/C25H22N2O6S/c1-34(32,33)27(19-13-11-18(12-14-19)17-7-3-2-4-8-17)22(25(30)31)15-16-26-23(28)20-9-5-6-10-21(20)24(26)29/h2-14,22H,15-16H2,1H3,(H,30,31). The third-order valence-corrected chi connectivity index (χ3v) is 6.84. The number of carboxylic acids is 1. The van der Waals surface area contributed by atoms with Gasteiger partial charge in [0.05, 0.1) is 23.1 Å². The zero-order valence-corrected chi connectivity index (χ0v) is 19.1. The van der Waals surface area contributed by atoms with Crippen LogP contribution in [0.4, 0.5) is 5.69 Å². The van der Waals surface area contributed by atoms with Gasteiger partial charge < -0.3 is 5.11 Å². The van der Waals surface area contributed by atoms with Crippen molar-refractivity contribution in [2.75, 3.05) is 17.1 Å². The Morgan fingerprint density at radius 1 is 0.853 bits per heavy atom. The highest BCUT2D eigenvalue weighted by Crippen LogP contribution is 2.28. The highest BCUT2D eigenvalue weighted by Gasteiger charge is 2.38. The number of rotatable bonds is 8. The van der Waals surface area contributed by atoms with Gasteiger partial charge in [-0.25, -0.2) is 13.2 Å². The second-order valence-electron chi connectivity index (χ2n) is 7.92. The lowest BCUT2D eigenvalue weighted by molar-refractivity contribution is -0.138. The lowest BCUT2D eigenvalue weighted by Crippen LogP contribution is -2.47. The van der Waals surface area contributed by atoms with Crippen molar-refractivity contribution in [3.63, 3.8) is 0 Å². The number of hydrogen-bond acceptors (Lipinski definition) is 5. The number of carboxylic acid groups (broad SMARTS) is 1. The van der Waals surface area contributed by atoms with Crippen LogP contribution < -0.4 is 4.31 Å². The molecule has 34 heavy (non-hydrogen) atoms. The first-order valence-corrected chi connectivity index (χ1v) is 12.4. The summed E-state index contributed by atoms with van der Waals surface area (Å²) in [7, 11) is -4.00. The van der Waals surface area contributed by atoms with Crippen LogP contribution >= 0.6 is 0 Å². The van der Waals surface area contributed by atoms with Crippen molar-refractivity contribution in [3.8, 4) is 11.1 Å². The average Bonchev–Trinajstić information content (AvgIpc) is 3.06. The molecule has 8 nitrogen and oxygen atoms in total. The van der Waals surface area contributed by atoms with E-state index in [0.717, 1.165) is 26.6 Å². The molecule has 0 saturated heterocycles. The van der Waals surface area contributed by atoms with E-state index < -0.39 is 33.8 Å². The van der Waals surface area contributed by atoms with E-state index in [1.54, 1.807) is 36.4 Å². The largest absolute Gasteiger partial charge is 0.480 e. The highest BCUT2D eigenvalue weighted by molar-refractivity contribution is 7.92. The monoisotopic (exact) mass is 478 g/mol. The summed E-state index contributed by atoms with van der Waals surface area (Å²) in [5.41, 5.74) is 2.44. The van der Waals surface area contributed by atoms with Gasteiger partial charge in [-0.2, -0.15) is 0 Å². The van der Waals surface area contributed by atoms with Gasteiger partial charge >= 0.3 is 5.97 Å². The predicted molar refractivity (Wildman–Crippen MR) is 127 cm³/mol. The van der Waals surface area contributed by atoms with Crippen molar-refractivity contribution in [1.29, 1.82) is 0 Å². The minimum atomic E-state index is -4.00. The average molecular weight is 479 g/mol. The Hall–Kier alpha value is -3.98. The van der Waals surface area contributed by atoms with Gasteiger partial charge in [0.15, 0.2) is 0 Å². The molecular formula is C25H22N2O6S. The number of amides is 2. The lowest BCUT2D eigenvalue weighted by atomic mass is 10.1. The fourth-order valence-corrected chi connectivity index (χ4v) is 5.23. The van der Waals surface area contributed by atoms with Gasteiger partial charge in [-0.3, -0.25) is 18.8 Å². The summed E-state index contributed by atoms with van der Waals surface area (Å²) in [6.07, 6.45) is 0.657. The normalized spacial score (nSPS) is 14.1. The number of imide groups is 1. The molecule has 0 saturated carbocycles. The predicted octanol–water partition coefficient (Wildman–Crippen LogP) is 3.26. The fraction of sp³-hybridized carbons (Fsp3) is 0.160. The minimum Gasteiger partial charge on any atom is -0.480 e. The number of hydrogen-bond donors (Lipinski definition) is 1. The molecule has 1 aliphatic rings. The number of sulfonamides is 1. The first-order chi connectivity index (χ1) is 16.2. The molecule has 0 spiro atoms. The Morgan fingerprint density at radius 2 is 1.35 bits per heavy atom. The molecule has 1 aliphatic heterocycles. The Labute approximate surface area is 197 Å². The van der Waals surface area contributed by atoms with Crippen LogP contribution in [-0.4, -0.2) is 55.1 Å². The van der Waals surface area contributed by atoms with Crippen LogP contribution in [0.25, 0.3) is 11.1 Å². The molecular weight excluding hydrogens is 456 g/mol. The van der Waals surface area contributed by atoms with Crippen molar-refractivity contribution in [1.82, 2.24) is 4.90 Å². The van der Waals surface area contributed by atoms with Crippen LogP contribution in [-0.2, 0) is 14.8 Å². The highest BCUT2D eigenvalue weighted by atomic mass is 32.2. The maximum absolute atomic E-state index is 12.7. The first kappa shape index (κ1) is 23.2. The Balaban J connectivity index is 1.60. The molecule has 1 N–H and O–H groups in total. The maximum atomic E-state index is 12.7. The fourth-order valence-electron chi connectivity index (χ4n) is 4.07. The molecule has 0 radical (unpaired) electrons. The summed E-state index contributed by atoms with van der Waals surface area (Å²) in [5.74, 6) is -2.43. The third-order valence-electron chi connectivity index (χ3n) is 5.66. The summed E-state index contributed by atoms with van der Waals surface area (Å²) in [6, 6.07) is 20.8. The van der Waals surface area contributed by atoms with Crippen LogP contribution in [0.5, 0.6) is 0 Å². The van der Waals surface area contributed by atoms with Crippen molar-refractivity contribution >= 4 is 33.5 Å². The molecule has 0 aromatic heterocycles. The lowest BCUT2D eigenvalue weighted by Gasteiger charge is -2.30. The number of aliphatic carboxylic acids is 1. The molecule has 0 aliphatic carbocycles. The zero-order valence-electron chi connectivity index (χ0n) is 18.3. The van der Waals surface area contributed by atoms with E-state index >= 15 is 0 Å². The van der Waals surface area contributed by atoms with E-state index in [0.29, 0.717) is 0 Å². The molecule has 1 atom stereocenters. The quantitative estimate of drug-likeness (QED) is 0.498. The van der Waals surface area contributed by atoms with Gasteiger partial charge in [-0.05, 0) is 41.8 Å². The van der Waals surface area contributed by atoms with E-state index in [-0.39, 0.29) is 29.8 Å². The number of nitrogens with zero attached hydrogens (tertiary/aromatic N) is 2. The van der Waals surface area contributed by atoms with Crippen LogP contribution in [0, 0.1) is 0 Å². The van der Waals surface area contributed by atoms with Crippen LogP contribution in [0.1, 0.15) is 27.1 Å². The molecule has 3 aromatic carbocycles. The van der Waals surface area contributed by atoms with Crippen LogP contribution in [0.2, 0.25) is 0 Å². The van der Waals surface area contributed by atoms with Crippen molar-refractivity contribution in [3.05, 3.63) is 90.0 Å². The van der Waals surface area contributed by atoms with Gasteiger partial charge in [0.2, 0.25) is 10.0 Å². The van der Waals surface area contributed by atoms with E-state index in [2.05, 4.69) is 0 Å². The van der Waals surface area contributed by atoms with Crippen molar-refractivity contribution in [2.24, 2.45) is 0 Å². The number of fused-ring (bicyclic) bond motifs is 1. The molecule has 174 valence electrons. The number of anilines is 1. The second-order valence-corrected chi connectivity index (χ2v) is 9.78. The summed E-state index contributed by atoms with van der Waals surface area (Å²) in [6.45, 7) is -0.239. The van der Waals surface area contributed by atoms with Gasteiger partial charge in [0.1, 0.15) is 6.04 Å². The molecule has 1 heterocycles. The third kappa shape index (κ3) is 4.42. The summed E-state index contributed by atoms with van der Waals surface area (Å²) in [4.78, 5) is 38.3. The molecule has 0 fully saturated rings. The molecule has 3 aromatic rings. The first-order valence-electron chi connectivity index (χ1n) is 10.5. The molecule has 1 unspecified atom stereocenters. The molecule has 4 rings (SSSR count). The minimum absolute atomic E-state index is 0.178. The van der Waals surface area contributed by atoms with Gasteiger partial charge in [0, 0.05) is 6.54 Å². The van der Waals surface area contributed by atoms with E-state index in [9.17, 15) is 27.9 Å². The van der Waals surface area contributed by atoms with Crippen molar-refractivity contribution in [2.45, 2.75) is 12.5 Å². The summed E-state index contributed by atoms with van der Waals surface area (Å²) in [5, 5.41) is 9.89. The second kappa shape index (κ2) is 9.11. The van der Waals surface area contributed by atoms with Crippen LogP contribution in [0.15, 0.2) is 78.9 Å². The van der Waals surface area contributed by atoms with Gasteiger partial charge in [0.25, 0.3) is 11.8 Å². The summed E-state index contributed by atoms with van der Waals surface area (Å²) >= 11 is 0. The van der Waals surface area contributed by atoms with Crippen LogP contribution in [0.3, 0.4) is 0 Å². The number of carbonyl (C=O) groups excluding carboxylic acids is 2. The smallest absolute Gasteiger partial charge is 0.327 e. The van der Waals surface area contributed by atoms with Crippen molar-refractivity contribution < 1.29 is 27.9 Å². The van der Waals surface area contributed by atoms with Gasteiger partial charge in [-0.15, -0.1) is 0 Å². The maximum Gasteiger partial charge on any atom is 0.327 e. The molecule has 0 bridgehead atoms. The molecule has 9 heteroatoms. The SMILES string of the molecule is CS(=O)(=O)N(c1ccc(-c2ccccc2)cc1)C(CCN1C(=O)c2ccccc2C1=O)C(=O)O. The molecule has 2 amide bonds. The Bertz CT molecular complexity index is 1320.